The molecule has 0 aromatic heterocycles. The van der Waals surface area contributed by atoms with Crippen LogP contribution in [-0.2, 0) is 9.59 Å². The second kappa shape index (κ2) is 7.33. The molecular weight excluding hydrogens is 361 g/mol. The number of anilines is 3. The highest BCUT2D eigenvalue weighted by Crippen LogP contribution is 2.31. The average Bonchev–Trinajstić information content (AvgIpc) is 2.66. The van der Waals surface area contributed by atoms with Crippen molar-refractivity contribution in [3.63, 3.8) is 0 Å². The molecule has 0 fully saturated rings. The van der Waals surface area contributed by atoms with Crippen LogP contribution in [0.1, 0.15) is 13.3 Å². The molecule has 0 radical (unpaired) electrons. The Labute approximate surface area is 155 Å². The summed E-state index contributed by atoms with van der Waals surface area (Å²) in [6.45, 7) is 1.92. The summed E-state index contributed by atoms with van der Waals surface area (Å²) >= 11 is 12.0. The van der Waals surface area contributed by atoms with Crippen LogP contribution in [0.4, 0.5) is 17.1 Å². The molecule has 2 N–H and O–H groups in total. The smallest absolute Gasteiger partial charge is 0.246 e. The predicted molar refractivity (Wildman–Crippen MR) is 102 cm³/mol. The zero-order valence-electron chi connectivity index (χ0n) is 13.6. The van der Waals surface area contributed by atoms with Crippen LogP contribution >= 0.6 is 23.2 Å². The lowest BCUT2D eigenvalue weighted by atomic mass is 10.1. The lowest BCUT2D eigenvalue weighted by molar-refractivity contribution is -0.118. The van der Waals surface area contributed by atoms with E-state index in [1.807, 2.05) is 25.1 Å². The zero-order chi connectivity index (χ0) is 18.0. The first-order valence-corrected chi connectivity index (χ1v) is 8.60. The van der Waals surface area contributed by atoms with Crippen molar-refractivity contribution in [1.82, 2.24) is 0 Å². The van der Waals surface area contributed by atoms with Crippen molar-refractivity contribution >= 4 is 52.1 Å². The van der Waals surface area contributed by atoms with Crippen molar-refractivity contribution in [3.05, 3.63) is 52.5 Å². The summed E-state index contributed by atoms with van der Waals surface area (Å²) in [5.74, 6) is -0.252. The molecule has 2 amide bonds. The van der Waals surface area contributed by atoms with Crippen LogP contribution in [0.2, 0.25) is 10.0 Å². The summed E-state index contributed by atoms with van der Waals surface area (Å²) < 4.78 is 0. The lowest BCUT2D eigenvalue weighted by Gasteiger charge is -2.28. The van der Waals surface area contributed by atoms with E-state index < -0.39 is 0 Å². The molecule has 2 aromatic carbocycles. The van der Waals surface area contributed by atoms with Crippen molar-refractivity contribution in [2.45, 2.75) is 19.4 Å². The van der Waals surface area contributed by atoms with Crippen LogP contribution in [0.25, 0.3) is 0 Å². The van der Waals surface area contributed by atoms with E-state index in [1.165, 1.54) is 0 Å². The van der Waals surface area contributed by atoms with Gasteiger partial charge in [-0.05, 0) is 37.3 Å². The van der Waals surface area contributed by atoms with E-state index in [-0.39, 0.29) is 30.8 Å². The summed E-state index contributed by atoms with van der Waals surface area (Å²) in [5, 5.41) is 6.86. The normalized spacial score (nSPS) is 16.7. The van der Waals surface area contributed by atoms with E-state index in [1.54, 1.807) is 29.2 Å². The number of benzene rings is 2. The third-order valence-electron chi connectivity index (χ3n) is 3.93. The maximum absolute atomic E-state index is 12.8. The summed E-state index contributed by atoms with van der Waals surface area (Å²) in [4.78, 5) is 26.5. The molecule has 5 nitrogen and oxygen atoms in total. The highest BCUT2D eigenvalue weighted by atomic mass is 35.5. The first-order valence-electron chi connectivity index (χ1n) is 7.85. The highest BCUT2D eigenvalue weighted by molar-refractivity contribution is 6.35. The van der Waals surface area contributed by atoms with Gasteiger partial charge in [0.15, 0.2) is 0 Å². The number of halogens is 2. The van der Waals surface area contributed by atoms with Crippen LogP contribution in [0.3, 0.4) is 0 Å². The van der Waals surface area contributed by atoms with Gasteiger partial charge in [-0.2, -0.15) is 0 Å². The molecule has 0 saturated heterocycles. The Hall–Kier alpha value is -2.24. The summed E-state index contributed by atoms with van der Waals surface area (Å²) in [6.07, 6.45) is 0.239. The number of nitrogens with zero attached hydrogens (tertiary/aromatic N) is 1. The zero-order valence-corrected chi connectivity index (χ0v) is 15.1. The molecule has 1 aliphatic heterocycles. The SMILES string of the molecule is CC1CC(=O)Nc2ccccc2N1C(=O)CNc1cc(Cl)cc(Cl)c1. The number of amides is 2. The minimum Gasteiger partial charge on any atom is -0.376 e. The van der Waals surface area contributed by atoms with Gasteiger partial charge in [-0.1, -0.05) is 35.3 Å². The van der Waals surface area contributed by atoms with Gasteiger partial charge in [-0.25, -0.2) is 0 Å². The van der Waals surface area contributed by atoms with E-state index in [9.17, 15) is 9.59 Å². The Bertz CT molecular complexity index is 805. The lowest BCUT2D eigenvalue weighted by Crippen LogP contribution is -2.42. The monoisotopic (exact) mass is 377 g/mol. The number of nitrogens with one attached hydrogen (secondary N) is 2. The van der Waals surface area contributed by atoms with Crippen molar-refractivity contribution in [3.8, 4) is 0 Å². The predicted octanol–water partition coefficient (Wildman–Crippen LogP) is 4.17. The van der Waals surface area contributed by atoms with Crippen molar-refractivity contribution < 1.29 is 9.59 Å². The topological polar surface area (TPSA) is 61.4 Å². The number of hydrogen-bond acceptors (Lipinski definition) is 3. The van der Waals surface area contributed by atoms with Gasteiger partial charge >= 0.3 is 0 Å². The van der Waals surface area contributed by atoms with E-state index in [0.717, 1.165) is 0 Å². The van der Waals surface area contributed by atoms with Crippen LogP contribution < -0.4 is 15.5 Å². The number of para-hydroxylation sites is 2. The van der Waals surface area contributed by atoms with Gasteiger partial charge in [0, 0.05) is 28.2 Å². The molecule has 1 heterocycles. The van der Waals surface area contributed by atoms with Crippen LogP contribution in [0.15, 0.2) is 42.5 Å². The van der Waals surface area contributed by atoms with E-state index in [0.29, 0.717) is 27.1 Å². The van der Waals surface area contributed by atoms with Crippen LogP contribution in [-0.4, -0.2) is 24.4 Å². The molecule has 0 aliphatic carbocycles. The van der Waals surface area contributed by atoms with Gasteiger partial charge < -0.3 is 15.5 Å². The van der Waals surface area contributed by atoms with Gasteiger partial charge in [0.1, 0.15) is 0 Å². The van der Waals surface area contributed by atoms with Gasteiger partial charge in [-0.15, -0.1) is 0 Å². The first-order chi connectivity index (χ1) is 11.9. The average molecular weight is 378 g/mol. The van der Waals surface area contributed by atoms with Crippen molar-refractivity contribution in [1.29, 1.82) is 0 Å². The summed E-state index contributed by atoms with van der Waals surface area (Å²) in [6, 6.07) is 12.1. The van der Waals surface area contributed by atoms with Gasteiger partial charge in [0.05, 0.1) is 17.9 Å². The molecule has 3 rings (SSSR count). The molecule has 130 valence electrons. The number of rotatable bonds is 3. The summed E-state index contributed by atoms with van der Waals surface area (Å²) in [5.41, 5.74) is 1.99. The van der Waals surface area contributed by atoms with Gasteiger partial charge in [0.25, 0.3) is 0 Å². The van der Waals surface area contributed by atoms with Crippen molar-refractivity contribution in [2.75, 3.05) is 22.1 Å². The number of carbonyl (C=O) groups is 2. The first kappa shape index (κ1) is 17.6. The number of fused-ring (bicyclic) bond motifs is 1. The highest BCUT2D eigenvalue weighted by Gasteiger charge is 2.29. The van der Waals surface area contributed by atoms with E-state index >= 15 is 0 Å². The molecule has 1 aliphatic rings. The molecule has 0 bridgehead atoms. The molecule has 0 spiro atoms. The second-order valence-electron chi connectivity index (χ2n) is 5.89. The van der Waals surface area contributed by atoms with E-state index in [4.69, 9.17) is 23.2 Å². The third-order valence-corrected chi connectivity index (χ3v) is 4.37. The fourth-order valence-corrected chi connectivity index (χ4v) is 3.41. The van der Waals surface area contributed by atoms with Crippen molar-refractivity contribution in [2.24, 2.45) is 0 Å². The Balaban J connectivity index is 1.81. The Morgan fingerprint density at radius 2 is 1.92 bits per heavy atom. The molecule has 25 heavy (non-hydrogen) atoms. The van der Waals surface area contributed by atoms with Gasteiger partial charge in [0.2, 0.25) is 11.8 Å². The maximum atomic E-state index is 12.8. The Morgan fingerprint density at radius 3 is 2.64 bits per heavy atom. The van der Waals surface area contributed by atoms with Crippen LogP contribution in [0, 0.1) is 0 Å². The van der Waals surface area contributed by atoms with Gasteiger partial charge in [-0.3, -0.25) is 9.59 Å². The fraction of sp³-hybridized carbons (Fsp3) is 0.222. The minimum atomic E-state index is -0.249. The largest absolute Gasteiger partial charge is 0.376 e. The molecule has 1 atom stereocenters. The molecule has 0 saturated carbocycles. The summed E-state index contributed by atoms with van der Waals surface area (Å²) in [7, 11) is 0. The van der Waals surface area contributed by atoms with Crippen LogP contribution in [0.5, 0.6) is 0 Å². The molecule has 1 unspecified atom stereocenters. The Kier molecular flexibility index (Phi) is 5.16. The number of carbonyl (C=O) groups excluding carboxylic acids is 2. The molecular formula is C18H17Cl2N3O2. The third kappa shape index (κ3) is 4.06. The minimum absolute atomic E-state index is 0.0591. The molecule has 7 heteroatoms. The fourth-order valence-electron chi connectivity index (χ4n) is 2.89. The number of hydrogen-bond donors (Lipinski definition) is 2. The Morgan fingerprint density at radius 1 is 1.24 bits per heavy atom. The quantitative estimate of drug-likeness (QED) is 0.843. The maximum Gasteiger partial charge on any atom is 0.246 e. The standard InChI is InChI=1S/C18H17Cl2N3O2/c1-11-6-17(24)22-15-4-2-3-5-16(15)23(11)18(25)10-21-14-8-12(19)7-13(20)9-14/h2-5,7-9,11,21H,6,10H2,1H3,(H,22,24). The second-order valence-corrected chi connectivity index (χ2v) is 6.77. The molecule has 2 aromatic rings. The van der Waals surface area contributed by atoms with E-state index in [2.05, 4.69) is 10.6 Å².